The lowest BCUT2D eigenvalue weighted by Gasteiger charge is -2.29. The number of benzene rings is 1. The Hall–Kier alpha value is -2.35. The lowest BCUT2D eigenvalue weighted by Crippen LogP contribution is -2.37. The van der Waals surface area contributed by atoms with Gasteiger partial charge in [-0.15, -0.1) is 0 Å². The van der Waals surface area contributed by atoms with Gasteiger partial charge in [-0.05, 0) is 51.7 Å². The molecule has 0 radical (unpaired) electrons. The largest absolute Gasteiger partial charge is 0.491 e. The van der Waals surface area contributed by atoms with Crippen LogP contribution >= 0.6 is 0 Å². The summed E-state index contributed by atoms with van der Waals surface area (Å²) >= 11 is 0. The van der Waals surface area contributed by atoms with Gasteiger partial charge in [0.15, 0.2) is 11.6 Å². The number of nitrogens with zero attached hydrogens (tertiary/aromatic N) is 2. The Morgan fingerprint density at radius 2 is 2.00 bits per heavy atom. The van der Waals surface area contributed by atoms with Gasteiger partial charge in [-0.3, -0.25) is 9.36 Å². The Morgan fingerprint density at radius 3 is 2.66 bits per heavy atom. The third-order valence-electron chi connectivity index (χ3n) is 5.12. The second-order valence-electron chi connectivity index (χ2n) is 7.58. The van der Waals surface area contributed by atoms with E-state index in [1.54, 1.807) is 23.7 Å². The first-order chi connectivity index (χ1) is 13.9. The zero-order chi connectivity index (χ0) is 21.0. The van der Waals surface area contributed by atoms with Crippen LogP contribution in [0, 0.1) is 5.82 Å². The highest BCUT2D eigenvalue weighted by Crippen LogP contribution is 2.31. The Kier molecular flexibility index (Phi) is 6.95. The number of rotatable bonds is 8. The van der Waals surface area contributed by atoms with Gasteiger partial charge < -0.3 is 19.5 Å². The minimum absolute atomic E-state index is 0.00190. The van der Waals surface area contributed by atoms with Gasteiger partial charge in [-0.25, -0.2) is 4.39 Å². The molecule has 8 heteroatoms. The Labute approximate surface area is 170 Å². The molecule has 29 heavy (non-hydrogen) atoms. The van der Waals surface area contributed by atoms with Crippen molar-refractivity contribution in [1.82, 2.24) is 14.9 Å². The molecular formula is C21H30FN3O4. The number of amides is 1. The van der Waals surface area contributed by atoms with Crippen LogP contribution in [0.4, 0.5) is 4.39 Å². The summed E-state index contributed by atoms with van der Waals surface area (Å²) < 4.78 is 33.7. The minimum Gasteiger partial charge on any atom is -0.491 e. The summed E-state index contributed by atoms with van der Waals surface area (Å²) in [5.41, 5.74) is 0.933. The maximum atomic E-state index is 14.7. The molecule has 3 rings (SSSR count). The monoisotopic (exact) mass is 407 g/mol. The molecule has 1 fully saturated rings. The lowest BCUT2D eigenvalue weighted by molar-refractivity contribution is -0.120. The van der Waals surface area contributed by atoms with E-state index in [1.807, 2.05) is 13.8 Å². The summed E-state index contributed by atoms with van der Waals surface area (Å²) in [5.74, 6) is -0.245. The van der Waals surface area contributed by atoms with Gasteiger partial charge in [0.05, 0.1) is 24.8 Å². The number of imidazole rings is 1. The number of halogens is 1. The third kappa shape index (κ3) is 5.18. The van der Waals surface area contributed by atoms with Crippen molar-refractivity contribution < 1.29 is 23.4 Å². The molecule has 1 amide bonds. The molecule has 7 nitrogen and oxygen atoms in total. The molecule has 1 aromatic heterocycles. The average Bonchev–Trinajstić information content (AvgIpc) is 2.99. The molecule has 0 aliphatic heterocycles. The van der Waals surface area contributed by atoms with E-state index in [4.69, 9.17) is 14.2 Å². The molecule has 0 saturated heterocycles. The Balaban J connectivity index is 1.56. The van der Waals surface area contributed by atoms with Crippen molar-refractivity contribution in [2.24, 2.45) is 7.05 Å². The average molecular weight is 407 g/mol. The number of ether oxygens (including phenoxy) is 3. The zero-order valence-corrected chi connectivity index (χ0v) is 17.5. The fourth-order valence-electron chi connectivity index (χ4n) is 3.73. The molecule has 1 heterocycles. The molecule has 1 aliphatic carbocycles. The summed E-state index contributed by atoms with van der Waals surface area (Å²) in [6, 6.07) is 3.76. The van der Waals surface area contributed by atoms with Gasteiger partial charge in [-0.1, -0.05) is 0 Å². The van der Waals surface area contributed by atoms with Crippen LogP contribution in [-0.2, 0) is 16.6 Å². The highest BCUT2D eigenvalue weighted by molar-refractivity contribution is 5.79. The number of carbonyl (C=O) groups excluding carboxylic acids is 1. The number of nitrogens with one attached hydrogen (secondary N) is 1. The Morgan fingerprint density at radius 1 is 1.31 bits per heavy atom. The second kappa shape index (κ2) is 9.43. The first-order valence-electron chi connectivity index (χ1n) is 10.2. The van der Waals surface area contributed by atoms with E-state index in [2.05, 4.69) is 10.3 Å². The molecule has 1 aliphatic rings. The van der Waals surface area contributed by atoms with Gasteiger partial charge in [0.1, 0.15) is 11.6 Å². The maximum Gasteiger partial charge on any atom is 0.297 e. The van der Waals surface area contributed by atoms with Crippen molar-refractivity contribution in [2.45, 2.75) is 64.7 Å². The summed E-state index contributed by atoms with van der Waals surface area (Å²) in [6.07, 6.45) is 3.63. The number of hydrogen-bond donors (Lipinski definition) is 1. The van der Waals surface area contributed by atoms with E-state index in [-0.39, 0.29) is 29.9 Å². The SMILES string of the molecule is CCOc1ccc2nc(OC3CCC(OC[C@H](C)NC(C)=O)CC3)n(C)c2c1F. The van der Waals surface area contributed by atoms with Gasteiger partial charge in [-0.2, -0.15) is 4.98 Å². The van der Waals surface area contributed by atoms with Gasteiger partial charge in [0, 0.05) is 20.0 Å². The normalized spacial score (nSPS) is 20.4. The maximum absolute atomic E-state index is 14.7. The van der Waals surface area contributed by atoms with Crippen LogP contribution in [0.1, 0.15) is 46.5 Å². The fourth-order valence-corrected chi connectivity index (χ4v) is 3.73. The number of hydrogen-bond acceptors (Lipinski definition) is 5. The van der Waals surface area contributed by atoms with E-state index in [0.29, 0.717) is 30.3 Å². The summed E-state index contributed by atoms with van der Waals surface area (Å²) in [7, 11) is 1.75. The highest BCUT2D eigenvalue weighted by Gasteiger charge is 2.25. The van der Waals surface area contributed by atoms with Crippen LogP contribution in [0.15, 0.2) is 12.1 Å². The van der Waals surface area contributed by atoms with Crippen molar-refractivity contribution in [3.63, 3.8) is 0 Å². The summed E-state index contributed by atoms with van der Waals surface area (Å²) in [4.78, 5) is 15.5. The van der Waals surface area contributed by atoms with Crippen LogP contribution in [0.25, 0.3) is 11.0 Å². The quantitative estimate of drug-likeness (QED) is 0.726. The van der Waals surface area contributed by atoms with Crippen molar-refractivity contribution in [3.8, 4) is 11.8 Å². The van der Waals surface area contributed by atoms with E-state index < -0.39 is 5.82 Å². The number of carbonyl (C=O) groups is 1. The first-order valence-corrected chi connectivity index (χ1v) is 10.2. The number of aryl methyl sites for hydroxylation is 1. The van der Waals surface area contributed by atoms with E-state index in [9.17, 15) is 9.18 Å². The predicted octanol–water partition coefficient (Wildman–Crippen LogP) is 3.34. The number of fused-ring (bicyclic) bond motifs is 1. The predicted molar refractivity (Wildman–Crippen MR) is 108 cm³/mol. The smallest absolute Gasteiger partial charge is 0.297 e. The van der Waals surface area contributed by atoms with E-state index in [0.717, 1.165) is 25.7 Å². The van der Waals surface area contributed by atoms with Gasteiger partial charge in [0.2, 0.25) is 5.91 Å². The van der Waals surface area contributed by atoms with E-state index >= 15 is 0 Å². The molecule has 1 N–H and O–H groups in total. The van der Waals surface area contributed by atoms with E-state index in [1.165, 1.54) is 6.92 Å². The fraction of sp³-hybridized carbons (Fsp3) is 0.619. The molecule has 1 saturated carbocycles. The molecule has 2 aromatic rings. The number of aromatic nitrogens is 2. The van der Waals surface area contributed by atoms with Crippen molar-refractivity contribution in [1.29, 1.82) is 0 Å². The summed E-state index contributed by atoms with van der Waals surface area (Å²) in [6.45, 7) is 6.16. The molecule has 1 aromatic carbocycles. The first kappa shape index (κ1) is 21.4. The minimum atomic E-state index is -0.417. The Bertz CT molecular complexity index is 846. The summed E-state index contributed by atoms with van der Waals surface area (Å²) in [5, 5.41) is 2.82. The molecule has 0 spiro atoms. The van der Waals surface area contributed by atoms with Gasteiger partial charge in [0.25, 0.3) is 6.01 Å². The molecule has 160 valence electrons. The lowest BCUT2D eigenvalue weighted by atomic mass is 9.95. The van der Waals surface area contributed by atoms with Crippen molar-refractivity contribution in [3.05, 3.63) is 17.9 Å². The topological polar surface area (TPSA) is 74.6 Å². The molecule has 0 bridgehead atoms. The van der Waals surface area contributed by atoms with Crippen LogP contribution < -0.4 is 14.8 Å². The van der Waals surface area contributed by atoms with Crippen LogP contribution in [-0.4, -0.2) is 46.9 Å². The molecule has 0 unspecified atom stereocenters. The van der Waals surface area contributed by atoms with Crippen LogP contribution in [0.2, 0.25) is 0 Å². The van der Waals surface area contributed by atoms with Crippen LogP contribution in [0.3, 0.4) is 0 Å². The highest BCUT2D eigenvalue weighted by atomic mass is 19.1. The van der Waals surface area contributed by atoms with Crippen LogP contribution in [0.5, 0.6) is 11.8 Å². The van der Waals surface area contributed by atoms with Crippen molar-refractivity contribution >= 4 is 16.9 Å². The third-order valence-corrected chi connectivity index (χ3v) is 5.12. The molecule has 1 atom stereocenters. The van der Waals surface area contributed by atoms with Gasteiger partial charge >= 0.3 is 0 Å². The second-order valence-corrected chi connectivity index (χ2v) is 7.58. The zero-order valence-electron chi connectivity index (χ0n) is 17.5. The standard InChI is InChI=1S/C21H30FN3O4/c1-5-27-18-11-10-17-20(19(18)22)25(4)21(24-17)29-16-8-6-15(7-9-16)28-12-13(2)23-14(3)26/h10-11,13,15-16H,5-9,12H2,1-4H3,(H,23,26)/t13-,15?,16?/m0/s1. The molecular weight excluding hydrogens is 377 g/mol. The van der Waals surface area contributed by atoms with Crippen molar-refractivity contribution in [2.75, 3.05) is 13.2 Å².